The van der Waals surface area contributed by atoms with Crippen molar-refractivity contribution in [2.45, 2.75) is 26.0 Å². The molecule has 1 atom stereocenters. The molecule has 0 saturated carbocycles. The molecule has 1 aromatic heterocycles. The SMILES string of the molecule is CC1Oc2ccc(NC(=O)Cc3cccs3)cc2N(Cc2ccccc2Cl)C1=O. The van der Waals surface area contributed by atoms with Crippen LogP contribution in [0.4, 0.5) is 11.4 Å². The molecule has 7 heteroatoms. The van der Waals surface area contributed by atoms with Crippen molar-refractivity contribution in [3.63, 3.8) is 0 Å². The monoisotopic (exact) mass is 426 g/mol. The number of thiophene rings is 1. The normalized spacial score (nSPS) is 15.6. The van der Waals surface area contributed by atoms with E-state index in [9.17, 15) is 9.59 Å². The van der Waals surface area contributed by atoms with E-state index in [-0.39, 0.29) is 11.8 Å². The van der Waals surface area contributed by atoms with Crippen molar-refractivity contribution >= 4 is 46.1 Å². The van der Waals surface area contributed by atoms with Crippen LogP contribution in [0.1, 0.15) is 17.4 Å². The number of ether oxygens (including phenoxy) is 1. The molecule has 1 N–H and O–H groups in total. The molecule has 148 valence electrons. The molecule has 2 heterocycles. The molecule has 1 aliphatic heterocycles. The van der Waals surface area contributed by atoms with Gasteiger partial charge in [0.25, 0.3) is 5.91 Å². The zero-order valence-corrected chi connectivity index (χ0v) is 17.3. The first kappa shape index (κ1) is 19.5. The van der Waals surface area contributed by atoms with Crippen LogP contribution >= 0.6 is 22.9 Å². The minimum atomic E-state index is -0.593. The van der Waals surface area contributed by atoms with E-state index in [1.165, 1.54) is 0 Å². The standard InChI is InChI=1S/C22H19ClN2O3S/c1-14-22(27)25(13-15-5-2-3-7-18(15)23)19-11-16(8-9-20(19)28-14)24-21(26)12-17-6-4-10-29-17/h2-11,14H,12-13H2,1H3,(H,24,26). The number of amides is 2. The summed E-state index contributed by atoms with van der Waals surface area (Å²) in [6.07, 6.45) is -0.283. The minimum absolute atomic E-state index is 0.110. The lowest BCUT2D eigenvalue weighted by Crippen LogP contribution is -2.44. The highest BCUT2D eigenvalue weighted by molar-refractivity contribution is 7.10. The fraction of sp³-hybridized carbons (Fsp3) is 0.182. The maximum atomic E-state index is 12.8. The maximum Gasteiger partial charge on any atom is 0.268 e. The zero-order valence-electron chi connectivity index (χ0n) is 15.7. The van der Waals surface area contributed by atoms with Crippen molar-refractivity contribution in [2.75, 3.05) is 10.2 Å². The van der Waals surface area contributed by atoms with E-state index in [1.54, 1.807) is 47.4 Å². The highest BCUT2D eigenvalue weighted by Crippen LogP contribution is 2.37. The second-order valence-corrected chi connectivity index (χ2v) is 8.20. The van der Waals surface area contributed by atoms with Crippen LogP contribution in [0.15, 0.2) is 60.0 Å². The Morgan fingerprint density at radius 1 is 1.21 bits per heavy atom. The van der Waals surface area contributed by atoms with Crippen LogP contribution in [0.5, 0.6) is 5.75 Å². The van der Waals surface area contributed by atoms with Crippen molar-refractivity contribution in [1.82, 2.24) is 0 Å². The molecule has 29 heavy (non-hydrogen) atoms. The third kappa shape index (κ3) is 4.28. The molecule has 0 aliphatic carbocycles. The van der Waals surface area contributed by atoms with Gasteiger partial charge in [-0.05, 0) is 48.2 Å². The van der Waals surface area contributed by atoms with Crippen molar-refractivity contribution in [3.05, 3.63) is 75.4 Å². The number of carbonyl (C=O) groups is 2. The number of rotatable bonds is 5. The Labute approximate surface area is 177 Å². The topological polar surface area (TPSA) is 58.6 Å². The Hall–Kier alpha value is -2.83. The largest absolute Gasteiger partial charge is 0.479 e. The van der Waals surface area contributed by atoms with E-state index >= 15 is 0 Å². The van der Waals surface area contributed by atoms with Crippen LogP contribution in [0.2, 0.25) is 5.02 Å². The molecule has 4 rings (SSSR count). The van der Waals surface area contributed by atoms with Gasteiger partial charge in [0.05, 0.1) is 18.7 Å². The van der Waals surface area contributed by atoms with E-state index in [2.05, 4.69) is 5.32 Å². The lowest BCUT2D eigenvalue weighted by Gasteiger charge is -2.33. The summed E-state index contributed by atoms with van der Waals surface area (Å²) in [5.74, 6) is 0.335. The number of anilines is 2. The second kappa shape index (κ2) is 8.27. The van der Waals surface area contributed by atoms with E-state index in [0.717, 1.165) is 10.4 Å². The molecule has 1 unspecified atom stereocenters. The van der Waals surface area contributed by atoms with E-state index < -0.39 is 6.10 Å². The molecular weight excluding hydrogens is 408 g/mol. The zero-order chi connectivity index (χ0) is 20.4. The van der Waals surface area contributed by atoms with Crippen molar-refractivity contribution in [2.24, 2.45) is 0 Å². The molecule has 0 bridgehead atoms. The van der Waals surface area contributed by atoms with Crippen molar-refractivity contribution in [3.8, 4) is 5.75 Å². The second-order valence-electron chi connectivity index (χ2n) is 6.76. The van der Waals surface area contributed by atoms with E-state index in [0.29, 0.717) is 35.1 Å². The summed E-state index contributed by atoms with van der Waals surface area (Å²) in [6.45, 7) is 2.05. The van der Waals surface area contributed by atoms with Crippen molar-refractivity contribution < 1.29 is 14.3 Å². The summed E-state index contributed by atoms with van der Waals surface area (Å²) >= 11 is 7.84. The Morgan fingerprint density at radius 3 is 2.79 bits per heavy atom. The van der Waals surface area contributed by atoms with Gasteiger partial charge in [-0.1, -0.05) is 35.9 Å². The predicted molar refractivity (Wildman–Crippen MR) is 116 cm³/mol. The van der Waals surface area contributed by atoms with Gasteiger partial charge in [-0.2, -0.15) is 0 Å². The molecule has 0 radical (unpaired) electrons. The third-order valence-electron chi connectivity index (χ3n) is 4.65. The number of nitrogens with one attached hydrogen (secondary N) is 1. The summed E-state index contributed by atoms with van der Waals surface area (Å²) < 4.78 is 5.75. The Morgan fingerprint density at radius 2 is 2.03 bits per heavy atom. The first-order valence-electron chi connectivity index (χ1n) is 9.19. The molecule has 2 aromatic carbocycles. The number of nitrogens with zero attached hydrogens (tertiary/aromatic N) is 1. The first-order chi connectivity index (χ1) is 14.0. The highest BCUT2D eigenvalue weighted by atomic mass is 35.5. The van der Waals surface area contributed by atoms with Crippen LogP contribution in [-0.2, 0) is 22.6 Å². The Balaban J connectivity index is 1.60. The molecule has 0 fully saturated rings. The van der Waals surface area contributed by atoms with Crippen LogP contribution < -0.4 is 15.0 Å². The molecule has 0 spiro atoms. The Kier molecular flexibility index (Phi) is 5.56. The van der Waals surface area contributed by atoms with Gasteiger partial charge in [-0.15, -0.1) is 11.3 Å². The number of halogens is 1. The van der Waals surface area contributed by atoms with Gasteiger partial charge in [0.15, 0.2) is 6.10 Å². The van der Waals surface area contributed by atoms with Gasteiger partial charge < -0.3 is 15.0 Å². The number of hydrogen-bond acceptors (Lipinski definition) is 4. The van der Waals surface area contributed by atoms with Gasteiger partial charge in [0.2, 0.25) is 5.91 Å². The summed E-state index contributed by atoms with van der Waals surface area (Å²) in [7, 11) is 0. The summed E-state index contributed by atoms with van der Waals surface area (Å²) in [4.78, 5) is 27.8. The predicted octanol–water partition coefficient (Wildman–Crippen LogP) is 4.90. The molecular formula is C22H19ClN2O3S. The third-order valence-corrected chi connectivity index (χ3v) is 5.90. The lowest BCUT2D eigenvalue weighted by molar-refractivity contribution is -0.125. The molecule has 2 amide bonds. The average molecular weight is 427 g/mol. The minimum Gasteiger partial charge on any atom is -0.479 e. The maximum absolute atomic E-state index is 12.8. The van der Waals surface area contributed by atoms with Crippen LogP contribution in [0.3, 0.4) is 0 Å². The van der Waals surface area contributed by atoms with Gasteiger partial charge in [0, 0.05) is 15.6 Å². The first-order valence-corrected chi connectivity index (χ1v) is 10.4. The van der Waals surface area contributed by atoms with Crippen LogP contribution in [0.25, 0.3) is 0 Å². The lowest BCUT2D eigenvalue weighted by atomic mass is 10.1. The van der Waals surface area contributed by atoms with Gasteiger partial charge >= 0.3 is 0 Å². The van der Waals surface area contributed by atoms with Gasteiger partial charge in [-0.25, -0.2) is 0 Å². The number of benzene rings is 2. The van der Waals surface area contributed by atoms with Crippen LogP contribution in [-0.4, -0.2) is 17.9 Å². The van der Waals surface area contributed by atoms with Crippen molar-refractivity contribution in [1.29, 1.82) is 0 Å². The fourth-order valence-electron chi connectivity index (χ4n) is 3.22. The molecule has 1 aliphatic rings. The van der Waals surface area contributed by atoms with E-state index in [4.69, 9.17) is 16.3 Å². The van der Waals surface area contributed by atoms with Gasteiger partial charge in [-0.3, -0.25) is 9.59 Å². The molecule has 0 saturated heterocycles. The highest BCUT2D eigenvalue weighted by Gasteiger charge is 2.32. The molecule has 3 aromatic rings. The van der Waals surface area contributed by atoms with Gasteiger partial charge in [0.1, 0.15) is 5.75 Å². The quantitative estimate of drug-likeness (QED) is 0.631. The Bertz CT molecular complexity index is 1050. The fourth-order valence-corrected chi connectivity index (χ4v) is 4.12. The summed E-state index contributed by atoms with van der Waals surface area (Å²) in [5, 5.41) is 5.44. The van der Waals surface area contributed by atoms with Crippen LogP contribution in [0, 0.1) is 0 Å². The number of hydrogen-bond donors (Lipinski definition) is 1. The van der Waals surface area contributed by atoms with E-state index in [1.807, 2.05) is 35.7 Å². The number of carbonyl (C=O) groups excluding carboxylic acids is 2. The smallest absolute Gasteiger partial charge is 0.268 e. The molecule has 5 nitrogen and oxygen atoms in total. The summed E-state index contributed by atoms with van der Waals surface area (Å²) in [6, 6.07) is 16.6. The summed E-state index contributed by atoms with van der Waals surface area (Å²) in [5.41, 5.74) is 2.07. The average Bonchev–Trinajstić information content (AvgIpc) is 3.20. The number of fused-ring (bicyclic) bond motifs is 1.